The number of alkyl halides is 3. The highest BCUT2D eigenvalue weighted by Gasteiger charge is 2.34. The van der Waals surface area contributed by atoms with Gasteiger partial charge in [0.1, 0.15) is 0 Å². The summed E-state index contributed by atoms with van der Waals surface area (Å²) < 4.78 is 40.4. The maximum atomic E-state index is 13.0. The number of carbonyl (C=O) groups excluding carboxylic acids is 1. The number of nitrogens with one attached hydrogen (secondary N) is 1. The van der Waals surface area contributed by atoms with Gasteiger partial charge in [0.05, 0.1) is 17.8 Å². The van der Waals surface area contributed by atoms with Gasteiger partial charge in [0.15, 0.2) is 11.5 Å². The van der Waals surface area contributed by atoms with Crippen molar-refractivity contribution in [3.05, 3.63) is 70.4 Å². The molecule has 3 rings (SSSR count). The van der Waals surface area contributed by atoms with Crippen molar-refractivity contribution in [1.82, 2.24) is 15.0 Å². The van der Waals surface area contributed by atoms with Crippen LogP contribution in [-0.4, -0.2) is 20.9 Å². The molecule has 1 aromatic heterocycles. The number of benzene rings is 2. The largest absolute Gasteiger partial charge is 0.418 e. The van der Waals surface area contributed by atoms with Crippen molar-refractivity contribution in [2.24, 2.45) is 0 Å². The predicted molar refractivity (Wildman–Crippen MR) is 94.4 cm³/mol. The number of hydrogen-bond acceptors (Lipinski definition) is 4. The molecule has 2 aromatic carbocycles. The van der Waals surface area contributed by atoms with Crippen LogP contribution >= 0.6 is 11.6 Å². The Morgan fingerprint density at radius 1 is 1.19 bits per heavy atom. The number of nitrogen functional groups attached to an aromatic ring is 1. The first-order valence-corrected chi connectivity index (χ1v) is 8.04. The van der Waals surface area contributed by atoms with Crippen LogP contribution in [0.3, 0.4) is 0 Å². The van der Waals surface area contributed by atoms with E-state index in [9.17, 15) is 18.0 Å². The molecule has 0 unspecified atom stereocenters. The van der Waals surface area contributed by atoms with E-state index in [1.807, 2.05) is 0 Å². The maximum absolute atomic E-state index is 13.0. The molecule has 10 heteroatoms. The van der Waals surface area contributed by atoms with Gasteiger partial charge in [-0.05, 0) is 29.8 Å². The molecule has 140 valence electrons. The van der Waals surface area contributed by atoms with E-state index in [1.54, 1.807) is 24.3 Å². The lowest BCUT2D eigenvalue weighted by molar-refractivity contribution is -0.136. The molecule has 0 radical (unpaired) electrons. The zero-order valence-corrected chi connectivity index (χ0v) is 14.4. The monoisotopic (exact) mass is 395 g/mol. The van der Waals surface area contributed by atoms with E-state index in [4.69, 9.17) is 17.3 Å². The first-order valence-electron chi connectivity index (χ1n) is 7.66. The Balaban J connectivity index is 1.82. The van der Waals surface area contributed by atoms with Crippen LogP contribution in [-0.2, 0) is 12.7 Å². The van der Waals surface area contributed by atoms with Crippen LogP contribution in [0.15, 0.2) is 48.5 Å². The number of halogens is 4. The van der Waals surface area contributed by atoms with Gasteiger partial charge >= 0.3 is 6.18 Å². The van der Waals surface area contributed by atoms with E-state index >= 15 is 0 Å². The summed E-state index contributed by atoms with van der Waals surface area (Å²) >= 11 is 5.92. The number of para-hydroxylation sites is 1. The average molecular weight is 396 g/mol. The molecule has 0 atom stereocenters. The summed E-state index contributed by atoms with van der Waals surface area (Å²) in [4.78, 5) is 12.3. The minimum Gasteiger partial charge on any atom is -0.382 e. The Hall–Kier alpha value is -3.07. The zero-order chi connectivity index (χ0) is 19.6. The van der Waals surface area contributed by atoms with Crippen LogP contribution in [0.2, 0.25) is 5.02 Å². The molecule has 0 aliphatic rings. The van der Waals surface area contributed by atoms with Crippen molar-refractivity contribution in [3.63, 3.8) is 0 Å². The highest BCUT2D eigenvalue weighted by molar-refractivity contribution is 6.30. The van der Waals surface area contributed by atoms with Crippen molar-refractivity contribution >= 4 is 29.0 Å². The highest BCUT2D eigenvalue weighted by Crippen LogP contribution is 2.34. The Kier molecular flexibility index (Phi) is 5.04. The third-order valence-electron chi connectivity index (χ3n) is 3.69. The van der Waals surface area contributed by atoms with E-state index in [0.717, 1.165) is 17.7 Å². The van der Waals surface area contributed by atoms with E-state index in [0.29, 0.717) is 5.02 Å². The summed E-state index contributed by atoms with van der Waals surface area (Å²) in [5, 5.41) is 10.2. The van der Waals surface area contributed by atoms with Crippen molar-refractivity contribution in [2.75, 3.05) is 11.1 Å². The number of rotatable bonds is 4. The normalized spacial score (nSPS) is 11.4. The van der Waals surface area contributed by atoms with Gasteiger partial charge in [-0.25, -0.2) is 4.68 Å². The van der Waals surface area contributed by atoms with E-state index in [-0.39, 0.29) is 18.1 Å². The minimum atomic E-state index is -4.61. The van der Waals surface area contributed by atoms with Gasteiger partial charge in [-0.1, -0.05) is 41.1 Å². The molecule has 0 aliphatic carbocycles. The van der Waals surface area contributed by atoms with Gasteiger partial charge in [0.2, 0.25) is 0 Å². The summed E-state index contributed by atoms with van der Waals surface area (Å²) in [6.45, 7) is 0.200. The number of carbonyl (C=O) groups is 1. The Labute approximate surface area is 156 Å². The van der Waals surface area contributed by atoms with Gasteiger partial charge in [-0.15, -0.1) is 5.10 Å². The fourth-order valence-electron chi connectivity index (χ4n) is 2.43. The molecule has 0 saturated heterocycles. The molecule has 1 amide bonds. The van der Waals surface area contributed by atoms with Crippen LogP contribution in [0.1, 0.15) is 21.6 Å². The van der Waals surface area contributed by atoms with Gasteiger partial charge in [0, 0.05) is 5.02 Å². The summed E-state index contributed by atoms with van der Waals surface area (Å²) in [5.41, 5.74) is 5.03. The van der Waals surface area contributed by atoms with Crippen molar-refractivity contribution in [2.45, 2.75) is 12.7 Å². The number of amides is 1. The summed E-state index contributed by atoms with van der Waals surface area (Å²) in [5.74, 6) is -0.960. The lowest BCUT2D eigenvalue weighted by Gasteiger charge is -2.13. The second kappa shape index (κ2) is 7.28. The standard InChI is InChI=1S/C17H13ClF3N5O/c18-11-5-3-4-10(8-11)9-26-15(22)14(24-25-26)16(27)23-13-7-2-1-6-12(13)17(19,20)21/h1-8H,9,22H2,(H,23,27). The molecule has 3 N–H and O–H groups in total. The lowest BCUT2D eigenvalue weighted by atomic mass is 10.1. The molecular weight excluding hydrogens is 383 g/mol. The molecule has 0 bridgehead atoms. The van der Waals surface area contributed by atoms with Gasteiger partial charge in [-0.3, -0.25) is 4.79 Å². The highest BCUT2D eigenvalue weighted by atomic mass is 35.5. The summed E-state index contributed by atoms with van der Waals surface area (Å²) in [7, 11) is 0. The third kappa shape index (κ3) is 4.20. The predicted octanol–water partition coefficient (Wildman–Crippen LogP) is 3.83. The maximum Gasteiger partial charge on any atom is 0.418 e. The molecule has 1 heterocycles. The first kappa shape index (κ1) is 18.7. The zero-order valence-electron chi connectivity index (χ0n) is 13.7. The number of nitrogens with two attached hydrogens (primary N) is 1. The molecule has 0 saturated carbocycles. The van der Waals surface area contributed by atoms with Crippen LogP contribution in [0.25, 0.3) is 0 Å². The smallest absolute Gasteiger partial charge is 0.382 e. The van der Waals surface area contributed by atoms with Crippen molar-refractivity contribution in [1.29, 1.82) is 0 Å². The van der Waals surface area contributed by atoms with Crippen LogP contribution < -0.4 is 11.1 Å². The number of aromatic nitrogens is 3. The molecular formula is C17H13ClF3N5O. The van der Waals surface area contributed by atoms with Crippen molar-refractivity contribution in [3.8, 4) is 0 Å². The summed E-state index contributed by atoms with van der Waals surface area (Å²) in [6.07, 6.45) is -4.61. The Morgan fingerprint density at radius 3 is 2.63 bits per heavy atom. The molecule has 0 aliphatic heterocycles. The molecule has 0 fully saturated rings. The lowest BCUT2D eigenvalue weighted by Crippen LogP contribution is -2.18. The Bertz CT molecular complexity index is 987. The second-order valence-corrected chi connectivity index (χ2v) is 6.04. The van der Waals surface area contributed by atoms with Crippen molar-refractivity contribution < 1.29 is 18.0 Å². The number of anilines is 2. The quantitative estimate of drug-likeness (QED) is 0.703. The van der Waals surface area contributed by atoms with Crippen LogP contribution in [0.5, 0.6) is 0 Å². The molecule has 3 aromatic rings. The first-order chi connectivity index (χ1) is 12.8. The average Bonchev–Trinajstić information content (AvgIpc) is 2.95. The topological polar surface area (TPSA) is 85.8 Å². The molecule has 0 spiro atoms. The number of nitrogens with zero attached hydrogens (tertiary/aromatic N) is 3. The SMILES string of the molecule is Nc1c(C(=O)Nc2ccccc2C(F)(F)F)nnn1Cc1cccc(Cl)c1. The fraction of sp³-hybridized carbons (Fsp3) is 0.118. The second-order valence-electron chi connectivity index (χ2n) is 5.61. The van der Waals surface area contributed by atoms with Crippen LogP contribution in [0.4, 0.5) is 24.7 Å². The van der Waals surface area contributed by atoms with E-state index < -0.39 is 23.3 Å². The van der Waals surface area contributed by atoms with E-state index in [1.165, 1.54) is 16.8 Å². The minimum absolute atomic E-state index is 0.0723. The molecule has 27 heavy (non-hydrogen) atoms. The molecule has 6 nitrogen and oxygen atoms in total. The van der Waals surface area contributed by atoms with Gasteiger partial charge < -0.3 is 11.1 Å². The summed E-state index contributed by atoms with van der Waals surface area (Å²) in [6, 6.07) is 11.5. The number of hydrogen-bond donors (Lipinski definition) is 2. The van der Waals surface area contributed by atoms with Crippen LogP contribution in [0, 0.1) is 0 Å². The van der Waals surface area contributed by atoms with Gasteiger partial charge in [0.25, 0.3) is 5.91 Å². The van der Waals surface area contributed by atoms with Gasteiger partial charge in [-0.2, -0.15) is 13.2 Å². The fourth-order valence-corrected chi connectivity index (χ4v) is 2.64. The van der Waals surface area contributed by atoms with E-state index in [2.05, 4.69) is 15.6 Å². The third-order valence-corrected chi connectivity index (χ3v) is 3.93. The Morgan fingerprint density at radius 2 is 1.93 bits per heavy atom.